The number of nitrogens with zero attached hydrogens (tertiary/aromatic N) is 1. The van der Waals surface area contributed by atoms with Crippen LogP contribution >= 0.6 is 11.8 Å². The average Bonchev–Trinajstić information content (AvgIpc) is 2.37. The van der Waals surface area contributed by atoms with Crippen molar-refractivity contribution in [1.82, 2.24) is 5.32 Å². The first-order chi connectivity index (χ1) is 8.27. The van der Waals surface area contributed by atoms with E-state index in [9.17, 15) is 4.79 Å². The normalized spacial score (nSPS) is 9.41. The van der Waals surface area contributed by atoms with E-state index in [0.29, 0.717) is 13.0 Å². The number of para-hydroxylation sites is 1. The minimum atomic E-state index is -0.101. The average molecular weight is 249 g/mol. The maximum atomic E-state index is 11.4. The third kappa shape index (κ3) is 4.79. The third-order valence-corrected chi connectivity index (χ3v) is 2.90. The summed E-state index contributed by atoms with van der Waals surface area (Å²) in [6.07, 6.45) is 2.33. The minimum absolute atomic E-state index is 0.101. The number of hydrogen-bond donors (Lipinski definition) is 2. The second-order valence-corrected chi connectivity index (χ2v) is 4.16. The molecule has 0 saturated carbocycles. The second-order valence-electron chi connectivity index (χ2n) is 3.31. The van der Waals surface area contributed by atoms with Gasteiger partial charge in [0.25, 0.3) is 0 Å². The summed E-state index contributed by atoms with van der Waals surface area (Å²) in [6, 6.07) is 9.80. The van der Waals surface area contributed by atoms with Crippen molar-refractivity contribution in [2.24, 2.45) is 0 Å². The van der Waals surface area contributed by atoms with Gasteiger partial charge in [0.1, 0.15) is 0 Å². The number of benzene rings is 1. The minimum Gasteiger partial charge on any atom is -0.375 e. The Kier molecular flexibility index (Phi) is 5.97. The van der Waals surface area contributed by atoms with E-state index in [1.807, 2.05) is 36.6 Å². The molecule has 0 radical (unpaired) electrons. The van der Waals surface area contributed by atoms with Crippen molar-refractivity contribution in [3.8, 4) is 6.07 Å². The summed E-state index contributed by atoms with van der Waals surface area (Å²) >= 11 is 1.63. The summed E-state index contributed by atoms with van der Waals surface area (Å²) < 4.78 is 0. The first kappa shape index (κ1) is 13.4. The number of nitriles is 1. The topological polar surface area (TPSA) is 64.9 Å². The van der Waals surface area contributed by atoms with Gasteiger partial charge in [0.05, 0.1) is 19.0 Å². The highest BCUT2D eigenvalue weighted by Crippen LogP contribution is 2.24. The standard InChI is InChI=1S/C12H15N3OS/c1-17-11-6-3-2-5-10(11)15-9-12(16)14-8-4-7-13/h2-3,5-6,15H,4,8-9H2,1H3,(H,14,16). The lowest BCUT2D eigenvalue weighted by molar-refractivity contribution is -0.119. The van der Waals surface area contributed by atoms with Crippen molar-refractivity contribution in [3.05, 3.63) is 24.3 Å². The van der Waals surface area contributed by atoms with Gasteiger partial charge in [-0.15, -0.1) is 11.8 Å². The Labute approximate surface area is 105 Å². The van der Waals surface area contributed by atoms with Gasteiger partial charge in [0.15, 0.2) is 0 Å². The maximum absolute atomic E-state index is 11.4. The summed E-state index contributed by atoms with van der Waals surface area (Å²) in [5, 5.41) is 14.1. The molecule has 0 unspecified atom stereocenters. The number of rotatable bonds is 6. The van der Waals surface area contributed by atoms with Gasteiger partial charge in [-0.3, -0.25) is 4.79 Å². The number of carbonyl (C=O) groups is 1. The highest BCUT2D eigenvalue weighted by Gasteiger charge is 2.03. The van der Waals surface area contributed by atoms with Crippen LogP contribution in [0.1, 0.15) is 6.42 Å². The van der Waals surface area contributed by atoms with Gasteiger partial charge in [-0.25, -0.2) is 0 Å². The molecular formula is C12H15N3OS. The number of thioether (sulfide) groups is 1. The SMILES string of the molecule is CSc1ccccc1NCC(=O)NCCC#N. The van der Waals surface area contributed by atoms with Crippen molar-refractivity contribution >= 4 is 23.4 Å². The zero-order chi connectivity index (χ0) is 12.5. The third-order valence-electron chi connectivity index (χ3n) is 2.11. The monoisotopic (exact) mass is 249 g/mol. The fraction of sp³-hybridized carbons (Fsp3) is 0.333. The molecule has 0 atom stereocenters. The van der Waals surface area contributed by atoms with Gasteiger partial charge >= 0.3 is 0 Å². The predicted molar refractivity (Wildman–Crippen MR) is 70.0 cm³/mol. The van der Waals surface area contributed by atoms with Crippen LogP contribution in [0.25, 0.3) is 0 Å². The number of nitrogens with one attached hydrogen (secondary N) is 2. The van der Waals surface area contributed by atoms with Crippen LogP contribution in [0.3, 0.4) is 0 Å². The molecule has 17 heavy (non-hydrogen) atoms. The lowest BCUT2D eigenvalue weighted by Crippen LogP contribution is -2.30. The molecule has 0 saturated heterocycles. The van der Waals surface area contributed by atoms with Crippen molar-refractivity contribution in [1.29, 1.82) is 5.26 Å². The smallest absolute Gasteiger partial charge is 0.239 e. The molecule has 0 aromatic heterocycles. The van der Waals surface area contributed by atoms with Gasteiger partial charge in [0.2, 0.25) is 5.91 Å². The number of amides is 1. The summed E-state index contributed by atoms with van der Waals surface area (Å²) in [5.41, 5.74) is 0.954. The van der Waals surface area contributed by atoms with Crippen LogP contribution in [0.15, 0.2) is 29.2 Å². The van der Waals surface area contributed by atoms with Crippen molar-refractivity contribution in [3.63, 3.8) is 0 Å². The largest absolute Gasteiger partial charge is 0.375 e. The van der Waals surface area contributed by atoms with Crippen LogP contribution in [0, 0.1) is 11.3 Å². The first-order valence-electron chi connectivity index (χ1n) is 5.28. The van der Waals surface area contributed by atoms with Crippen LogP contribution < -0.4 is 10.6 Å². The van der Waals surface area contributed by atoms with Crippen molar-refractivity contribution < 1.29 is 4.79 Å². The lowest BCUT2D eigenvalue weighted by Gasteiger charge is -2.09. The fourth-order valence-corrected chi connectivity index (χ4v) is 1.86. The number of hydrogen-bond acceptors (Lipinski definition) is 4. The summed E-state index contributed by atoms with van der Waals surface area (Å²) in [7, 11) is 0. The van der Waals surface area contributed by atoms with E-state index in [2.05, 4.69) is 10.6 Å². The predicted octanol–water partition coefficient (Wildman–Crippen LogP) is 1.85. The number of anilines is 1. The molecule has 90 valence electrons. The molecule has 1 aromatic carbocycles. The van der Waals surface area contributed by atoms with Crippen LogP contribution in [0.2, 0.25) is 0 Å². The molecule has 0 aliphatic rings. The van der Waals surface area contributed by atoms with Gasteiger partial charge in [-0.1, -0.05) is 12.1 Å². The Morgan fingerprint density at radius 1 is 1.47 bits per heavy atom. The van der Waals surface area contributed by atoms with Crippen molar-refractivity contribution in [2.75, 3.05) is 24.7 Å². The Morgan fingerprint density at radius 3 is 2.94 bits per heavy atom. The molecule has 4 nitrogen and oxygen atoms in total. The van der Waals surface area contributed by atoms with Crippen LogP contribution in [-0.4, -0.2) is 25.3 Å². The van der Waals surface area contributed by atoms with E-state index in [4.69, 9.17) is 5.26 Å². The molecule has 1 rings (SSSR count). The molecule has 0 fully saturated rings. The van der Waals surface area contributed by atoms with E-state index >= 15 is 0 Å². The zero-order valence-electron chi connectivity index (χ0n) is 9.69. The molecule has 0 bridgehead atoms. The van der Waals surface area contributed by atoms with E-state index in [1.165, 1.54) is 0 Å². The summed E-state index contributed by atoms with van der Waals surface area (Å²) in [4.78, 5) is 12.5. The number of carbonyl (C=O) groups excluding carboxylic acids is 1. The Balaban J connectivity index is 2.39. The van der Waals surface area contributed by atoms with E-state index in [-0.39, 0.29) is 12.5 Å². The highest BCUT2D eigenvalue weighted by atomic mass is 32.2. The molecule has 0 aliphatic heterocycles. The van der Waals surface area contributed by atoms with Gasteiger partial charge in [-0.05, 0) is 18.4 Å². The van der Waals surface area contributed by atoms with Crippen LogP contribution in [0.5, 0.6) is 0 Å². The first-order valence-corrected chi connectivity index (χ1v) is 6.51. The molecular weight excluding hydrogens is 234 g/mol. The maximum Gasteiger partial charge on any atom is 0.239 e. The Hall–Kier alpha value is -1.67. The van der Waals surface area contributed by atoms with Crippen molar-refractivity contribution in [2.45, 2.75) is 11.3 Å². The zero-order valence-corrected chi connectivity index (χ0v) is 10.5. The summed E-state index contributed by atoms with van der Waals surface area (Å²) in [6.45, 7) is 0.629. The molecule has 1 aromatic rings. The molecule has 2 N–H and O–H groups in total. The summed E-state index contributed by atoms with van der Waals surface area (Å²) in [5.74, 6) is -0.101. The fourth-order valence-electron chi connectivity index (χ4n) is 1.29. The van der Waals surface area contributed by atoms with Crippen LogP contribution in [-0.2, 0) is 4.79 Å². The van der Waals surface area contributed by atoms with Gasteiger partial charge in [0, 0.05) is 17.1 Å². The molecule has 0 heterocycles. The Bertz CT molecular complexity index is 414. The van der Waals surface area contributed by atoms with E-state index < -0.39 is 0 Å². The molecule has 0 aliphatic carbocycles. The van der Waals surface area contributed by atoms with E-state index in [0.717, 1.165) is 10.6 Å². The van der Waals surface area contributed by atoms with Crippen LogP contribution in [0.4, 0.5) is 5.69 Å². The molecule has 1 amide bonds. The van der Waals surface area contributed by atoms with Gasteiger partial charge < -0.3 is 10.6 Å². The second kappa shape index (κ2) is 7.58. The molecule has 5 heteroatoms. The van der Waals surface area contributed by atoms with Gasteiger partial charge in [-0.2, -0.15) is 5.26 Å². The quantitative estimate of drug-likeness (QED) is 0.596. The highest BCUT2D eigenvalue weighted by molar-refractivity contribution is 7.98. The Morgan fingerprint density at radius 2 is 2.24 bits per heavy atom. The lowest BCUT2D eigenvalue weighted by atomic mass is 10.3. The molecule has 0 spiro atoms. The van der Waals surface area contributed by atoms with E-state index in [1.54, 1.807) is 11.8 Å².